The van der Waals surface area contributed by atoms with E-state index in [4.69, 9.17) is 22.7 Å². The van der Waals surface area contributed by atoms with E-state index in [9.17, 15) is 4.79 Å². The molecule has 5 heteroatoms. The molecule has 0 saturated carbocycles. The minimum Gasteiger partial charge on any atom is -0.392 e. The van der Waals surface area contributed by atoms with Crippen LogP contribution in [-0.2, 0) is 9.53 Å². The first-order valence-corrected chi connectivity index (χ1v) is 5.05. The summed E-state index contributed by atoms with van der Waals surface area (Å²) in [5, 5.41) is 0. The van der Waals surface area contributed by atoms with Gasteiger partial charge in [-0.25, -0.2) is 0 Å². The molecular weight excluding hydrogens is 200 g/mol. The fourth-order valence-corrected chi connectivity index (χ4v) is 1.14. The number of nitrogens with two attached hydrogens (primary N) is 1. The summed E-state index contributed by atoms with van der Waals surface area (Å²) in [6.07, 6.45) is 0. The van der Waals surface area contributed by atoms with Crippen LogP contribution in [0.4, 0.5) is 0 Å². The molecule has 0 aromatic rings. The van der Waals surface area contributed by atoms with E-state index in [2.05, 4.69) is 0 Å². The average molecular weight is 218 g/mol. The minimum atomic E-state index is -0.0744. The Kier molecular flexibility index (Phi) is 6.40. The zero-order valence-electron chi connectivity index (χ0n) is 8.95. The van der Waals surface area contributed by atoms with Gasteiger partial charge in [0.1, 0.15) is 6.61 Å². The van der Waals surface area contributed by atoms with Crippen molar-refractivity contribution in [2.24, 2.45) is 5.73 Å². The Balaban J connectivity index is 4.19. The number of carbonyl (C=O) groups excluding carboxylic acids is 1. The summed E-state index contributed by atoms with van der Waals surface area (Å²) in [4.78, 5) is 13.5. The molecule has 0 radical (unpaired) electrons. The SMILES string of the molecule is CCOCC(=O)N(CC(N)=S)C(C)C. The summed E-state index contributed by atoms with van der Waals surface area (Å²) in [5.41, 5.74) is 5.39. The first-order valence-electron chi connectivity index (χ1n) is 4.64. The molecule has 0 aliphatic rings. The van der Waals surface area contributed by atoms with Crippen LogP contribution in [-0.4, -0.2) is 41.6 Å². The van der Waals surface area contributed by atoms with Gasteiger partial charge in [0, 0.05) is 12.6 Å². The maximum atomic E-state index is 11.6. The van der Waals surface area contributed by atoms with Crippen molar-refractivity contribution in [2.45, 2.75) is 26.8 Å². The van der Waals surface area contributed by atoms with Crippen LogP contribution in [0.1, 0.15) is 20.8 Å². The highest BCUT2D eigenvalue weighted by Crippen LogP contribution is 1.99. The largest absolute Gasteiger partial charge is 0.392 e. The Morgan fingerprint density at radius 3 is 2.50 bits per heavy atom. The Bertz CT molecular complexity index is 207. The monoisotopic (exact) mass is 218 g/mol. The van der Waals surface area contributed by atoms with Gasteiger partial charge < -0.3 is 15.4 Å². The van der Waals surface area contributed by atoms with Gasteiger partial charge in [-0.15, -0.1) is 0 Å². The van der Waals surface area contributed by atoms with E-state index in [1.165, 1.54) is 0 Å². The highest BCUT2D eigenvalue weighted by Gasteiger charge is 2.17. The molecule has 0 aliphatic carbocycles. The summed E-state index contributed by atoms with van der Waals surface area (Å²) in [5.74, 6) is -0.0744. The zero-order chi connectivity index (χ0) is 11.1. The molecule has 0 aromatic carbocycles. The van der Waals surface area contributed by atoms with Crippen LogP contribution in [0.25, 0.3) is 0 Å². The zero-order valence-corrected chi connectivity index (χ0v) is 9.76. The second-order valence-electron chi connectivity index (χ2n) is 3.22. The maximum absolute atomic E-state index is 11.6. The number of hydrogen-bond acceptors (Lipinski definition) is 3. The van der Waals surface area contributed by atoms with E-state index < -0.39 is 0 Å². The number of hydrogen-bond donors (Lipinski definition) is 1. The number of rotatable bonds is 6. The lowest BCUT2D eigenvalue weighted by Gasteiger charge is -2.25. The molecule has 0 bridgehead atoms. The highest BCUT2D eigenvalue weighted by molar-refractivity contribution is 7.80. The first-order chi connectivity index (χ1) is 6.49. The standard InChI is InChI=1S/C9H18N2O2S/c1-4-13-6-9(12)11(7(2)3)5-8(10)14/h7H,4-6H2,1-3H3,(H2,10,14). The van der Waals surface area contributed by atoms with E-state index in [0.29, 0.717) is 18.1 Å². The lowest BCUT2D eigenvalue weighted by Crippen LogP contribution is -2.43. The Labute approximate surface area is 90.4 Å². The van der Waals surface area contributed by atoms with Crippen LogP contribution >= 0.6 is 12.2 Å². The molecule has 0 spiro atoms. The van der Waals surface area contributed by atoms with E-state index in [-0.39, 0.29) is 18.6 Å². The topological polar surface area (TPSA) is 55.6 Å². The molecule has 0 rings (SSSR count). The third-order valence-electron chi connectivity index (χ3n) is 1.70. The summed E-state index contributed by atoms with van der Waals surface area (Å²) in [7, 11) is 0. The molecule has 0 fully saturated rings. The molecule has 0 atom stereocenters. The average Bonchev–Trinajstić information content (AvgIpc) is 2.09. The smallest absolute Gasteiger partial charge is 0.249 e. The van der Waals surface area contributed by atoms with Gasteiger partial charge in [0.15, 0.2) is 0 Å². The van der Waals surface area contributed by atoms with E-state index >= 15 is 0 Å². The molecule has 0 aliphatic heterocycles. The second-order valence-corrected chi connectivity index (χ2v) is 3.74. The molecule has 82 valence electrons. The van der Waals surface area contributed by atoms with E-state index in [0.717, 1.165) is 0 Å². The molecule has 0 saturated heterocycles. The number of amides is 1. The van der Waals surface area contributed by atoms with Gasteiger partial charge in [-0.2, -0.15) is 0 Å². The van der Waals surface area contributed by atoms with Crippen LogP contribution in [0.2, 0.25) is 0 Å². The molecular formula is C9H18N2O2S. The van der Waals surface area contributed by atoms with Gasteiger partial charge in [-0.05, 0) is 20.8 Å². The van der Waals surface area contributed by atoms with Crippen molar-refractivity contribution in [1.82, 2.24) is 4.90 Å². The number of ether oxygens (including phenoxy) is 1. The van der Waals surface area contributed by atoms with Gasteiger partial charge in [0.25, 0.3) is 0 Å². The molecule has 0 heterocycles. The van der Waals surface area contributed by atoms with Crippen molar-refractivity contribution in [3.05, 3.63) is 0 Å². The van der Waals surface area contributed by atoms with Gasteiger partial charge in [0.05, 0.1) is 11.5 Å². The summed E-state index contributed by atoms with van der Waals surface area (Å²) in [6.45, 7) is 6.63. The van der Waals surface area contributed by atoms with Crippen molar-refractivity contribution < 1.29 is 9.53 Å². The third-order valence-corrected chi connectivity index (χ3v) is 1.83. The lowest BCUT2D eigenvalue weighted by atomic mass is 10.3. The van der Waals surface area contributed by atoms with Crippen LogP contribution in [0, 0.1) is 0 Å². The van der Waals surface area contributed by atoms with Crippen molar-refractivity contribution in [1.29, 1.82) is 0 Å². The molecule has 1 amide bonds. The van der Waals surface area contributed by atoms with Crippen molar-refractivity contribution in [3.63, 3.8) is 0 Å². The van der Waals surface area contributed by atoms with Gasteiger partial charge in [-0.1, -0.05) is 12.2 Å². The van der Waals surface area contributed by atoms with Crippen LogP contribution in [0.15, 0.2) is 0 Å². The molecule has 4 nitrogen and oxygen atoms in total. The van der Waals surface area contributed by atoms with E-state index in [1.54, 1.807) is 4.90 Å². The lowest BCUT2D eigenvalue weighted by molar-refractivity contribution is -0.136. The number of thiocarbonyl (C=S) groups is 1. The minimum absolute atomic E-state index is 0.0744. The molecule has 2 N–H and O–H groups in total. The molecule has 14 heavy (non-hydrogen) atoms. The highest BCUT2D eigenvalue weighted by atomic mass is 32.1. The van der Waals surface area contributed by atoms with Crippen LogP contribution in [0.3, 0.4) is 0 Å². The summed E-state index contributed by atoms with van der Waals surface area (Å²) >= 11 is 4.77. The van der Waals surface area contributed by atoms with E-state index in [1.807, 2.05) is 20.8 Å². The predicted molar refractivity (Wildman–Crippen MR) is 60.1 cm³/mol. The van der Waals surface area contributed by atoms with Gasteiger partial charge in [-0.3, -0.25) is 4.79 Å². The third kappa shape index (κ3) is 5.14. The Morgan fingerprint density at radius 1 is 1.57 bits per heavy atom. The van der Waals surface area contributed by atoms with Crippen molar-refractivity contribution in [2.75, 3.05) is 19.8 Å². The van der Waals surface area contributed by atoms with Crippen molar-refractivity contribution >= 4 is 23.1 Å². The fraction of sp³-hybridized carbons (Fsp3) is 0.778. The quantitative estimate of drug-likeness (QED) is 0.661. The van der Waals surface area contributed by atoms with Crippen LogP contribution in [0.5, 0.6) is 0 Å². The van der Waals surface area contributed by atoms with Crippen LogP contribution < -0.4 is 5.73 Å². The number of carbonyl (C=O) groups is 1. The summed E-state index contributed by atoms with van der Waals surface area (Å²) < 4.78 is 5.03. The number of nitrogens with zero attached hydrogens (tertiary/aromatic N) is 1. The normalized spacial score (nSPS) is 10.3. The summed E-state index contributed by atoms with van der Waals surface area (Å²) in [6, 6.07) is 0.0875. The second kappa shape index (κ2) is 6.73. The van der Waals surface area contributed by atoms with Gasteiger partial charge >= 0.3 is 0 Å². The Hall–Kier alpha value is -0.680. The predicted octanol–water partition coefficient (Wildman–Crippen LogP) is 0.546. The van der Waals surface area contributed by atoms with Crippen molar-refractivity contribution in [3.8, 4) is 0 Å². The fourth-order valence-electron chi connectivity index (χ4n) is 0.999. The first kappa shape index (κ1) is 13.3. The van der Waals surface area contributed by atoms with Gasteiger partial charge in [0.2, 0.25) is 5.91 Å². The Morgan fingerprint density at radius 2 is 2.14 bits per heavy atom. The maximum Gasteiger partial charge on any atom is 0.249 e. The molecule has 0 aromatic heterocycles. The molecule has 0 unspecified atom stereocenters.